The highest BCUT2D eigenvalue weighted by Crippen LogP contribution is 2.03. The number of aromatic nitrogens is 1. The molecule has 1 N–H and O–H groups in total. The van der Waals surface area contributed by atoms with Crippen LogP contribution in [-0.4, -0.2) is 16.6 Å². The molecule has 1 rings (SSSR count). The van der Waals surface area contributed by atoms with E-state index in [1.54, 1.807) is 13.8 Å². The molecule has 0 bridgehead atoms. The molecule has 1 heterocycles. The molecule has 13 heavy (non-hydrogen) atoms. The van der Waals surface area contributed by atoms with Crippen molar-refractivity contribution in [1.82, 2.24) is 10.5 Å². The highest BCUT2D eigenvalue weighted by Gasteiger charge is 2.21. The zero-order valence-corrected chi connectivity index (χ0v) is 7.37. The Hall–Kier alpha value is -1.83. The summed E-state index contributed by atoms with van der Waals surface area (Å²) in [6.07, 6.45) is 1.37. The molecule has 0 fully saturated rings. The van der Waals surface area contributed by atoms with Crippen LogP contribution in [0.25, 0.3) is 0 Å². The van der Waals surface area contributed by atoms with Crippen LogP contribution < -0.4 is 5.32 Å². The van der Waals surface area contributed by atoms with Crippen LogP contribution in [-0.2, 0) is 0 Å². The predicted molar refractivity (Wildman–Crippen MR) is 43.7 cm³/mol. The minimum absolute atomic E-state index is 0.100. The van der Waals surface area contributed by atoms with E-state index in [9.17, 15) is 4.79 Å². The molecule has 5 nitrogen and oxygen atoms in total. The number of nitriles is 1. The molecule has 1 aromatic heterocycles. The van der Waals surface area contributed by atoms with Crippen molar-refractivity contribution >= 4 is 5.91 Å². The Balaban J connectivity index is 2.68. The molecule has 0 aliphatic carbocycles. The van der Waals surface area contributed by atoms with Crippen molar-refractivity contribution in [3.05, 3.63) is 18.0 Å². The van der Waals surface area contributed by atoms with Gasteiger partial charge >= 0.3 is 0 Å². The van der Waals surface area contributed by atoms with Crippen molar-refractivity contribution in [2.24, 2.45) is 0 Å². The fraction of sp³-hybridized carbons (Fsp3) is 0.375. The number of rotatable bonds is 2. The first-order chi connectivity index (χ1) is 6.05. The van der Waals surface area contributed by atoms with Gasteiger partial charge < -0.3 is 9.84 Å². The Kier molecular flexibility index (Phi) is 2.33. The largest absolute Gasteiger partial charge is 0.351 e. The molecular weight excluding hydrogens is 170 g/mol. The molecule has 1 amide bonds. The van der Waals surface area contributed by atoms with Gasteiger partial charge in [0.05, 0.1) is 12.3 Å². The molecular formula is C8H9N3O2. The highest BCUT2D eigenvalue weighted by molar-refractivity contribution is 5.91. The predicted octanol–water partition coefficient (Wildman–Crippen LogP) is 0.707. The van der Waals surface area contributed by atoms with Crippen LogP contribution in [0.3, 0.4) is 0 Å². The van der Waals surface area contributed by atoms with Gasteiger partial charge in [0.2, 0.25) is 5.76 Å². The lowest BCUT2D eigenvalue weighted by Crippen LogP contribution is -2.41. The van der Waals surface area contributed by atoms with Crippen LogP contribution in [0.4, 0.5) is 0 Å². The Bertz CT molecular complexity index is 335. The minimum Gasteiger partial charge on any atom is -0.351 e. The zero-order valence-electron chi connectivity index (χ0n) is 7.37. The SMILES string of the molecule is CC(C)(C#N)NC(=O)c1ccno1. The van der Waals surface area contributed by atoms with Crippen molar-refractivity contribution < 1.29 is 9.32 Å². The summed E-state index contributed by atoms with van der Waals surface area (Å²) in [5.74, 6) is -0.340. The van der Waals surface area contributed by atoms with E-state index < -0.39 is 11.4 Å². The van der Waals surface area contributed by atoms with E-state index in [1.165, 1.54) is 12.3 Å². The number of nitrogens with one attached hydrogen (secondary N) is 1. The second-order valence-corrected chi connectivity index (χ2v) is 3.07. The fourth-order valence-corrected chi connectivity index (χ4v) is 0.706. The summed E-state index contributed by atoms with van der Waals surface area (Å²) in [7, 11) is 0. The maximum absolute atomic E-state index is 11.3. The molecule has 0 unspecified atom stereocenters. The molecule has 0 aliphatic rings. The van der Waals surface area contributed by atoms with Gasteiger partial charge in [-0.1, -0.05) is 5.16 Å². The molecule has 0 aromatic carbocycles. The zero-order chi connectivity index (χ0) is 9.90. The molecule has 68 valence electrons. The number of carbonyl (C=O) groups excluding carboxylic acids is 1. The molecule has 0 atom stereocenters. The summed E-state index contributed by atoms with van der Waals surface area (Å²) < 4.78 is 4.61. The van der Waals surface area contributed by atoms with Gasteiger partial charge in [-0.3, -0.25) is 4.79 Å². The smallest absolute Gasteiger partial charge is 0.291 e. The summed E-state index contributed by atoms with van der Waals surface area (Å²) in [5.41, 5.74) is -0.899. The molecule has 0 saturated carbocycles. The molecule has 5 heteroatoms. The van der Waals surface area contributed by atoms with Crippen LogP contribution in [0, 0.1) is 11.3 Å². The second-order valence-electron chi connectivity index (χ2n) is 3.07. The van der Waals surface area contributed by atoms with Gasteiger partial charge in [0.25, 0.3) is 5.91 Å². The van der Waals surface area contributed by atoms with E-state index in [0.29, 0.717) is 0 Å². The lowest BCUT2D eigenvalue weighted by atomic mass is 10.1. The summed E-state index contributed by atoms with van der Waals surface area (Å²) >= 11 is 0. The summed E-state index contributed by atoms with van der Waals surface area (Å²) in [5, 5.41) is 14.5. The van der Waals surface area contributed by atoms with Gasteiger partial charge in [0.15, 0.2) is 0 Å². The van der Waals surface area contributed by atoms with Gasteiger partial charge in [-0.25, -0.2) is 0 Å². The van der Waals surface area contributed by atoms with Crippen LogP contribution >= 0.6 is 0 Å². The summed E-state index contributed by atoms with van der Waals surface area (Å²) in [6.45, 7) is 3.20. The Morgan fingerprint density at radius 2 is 2.46 bits per heavy atom. The second kappa shape index (κ2) is 3.27. The number of nitrogens with zero attached hydrogens (tertiary/aromatic N) is 2. The van der Waals surface area contributed by atoms with Crippen LogP contribution in [0.2, 0.25) is 0 Å². The summed E-state index contributed by atoms with van der Waals surface area (Å²) in [4.78, 5) is 11.3. The van der Waals surface area contributed by atoms with E-state index in [1.807, 2.05) is 6.07 Å². The average molecular weight is 179 g/mol. The van der Waals surface area contributed by atoms with Gasteiger partial charge in [0.1, 0.15) is 5.54 Å². The van der Waals surface area contributed by atoms with E-state index in [2.05, 4.69) is 15.0 Å². The Morgan fingerprint density at radius 3 is 2.92 bits per heavy atom. The number of hydrogen-bond acceptors (Lipinski definition) is 4. The highest BCUT2D eigenvalue weighted by atomic mass is 16.5. The van der Waals surface area contributed by atoms with E-state index in [4.69, 9.17) is 5.26 Å². The third kappa shape index (κ3) is 2.30. The Morgan fingerprint density at radius 1 is 1.77 bits per heavy atom. The summed E-state index contributed by atoms with van der Waals surface area (Å²) in [6, 6.07) is 3.37. The van der Waals surface area contributed by atoms with Gasteiger partial charge in [-0.05, 0) is 13.8 Å². The standard InChI is InChI=1S/C8H9N3O2/c1-8(2,5-9)11-7(12)6-3-4-10-13-6/h3-4H,1-2H3,(H,11,12). The quantitative estimate of drug-likeness (QED) is 0.724. The van der Waals surface area contributed by atoms with Crippen LogP contribution in [0.1, 0.15) is 24.4 Å². The van der Waals surface area contributed by atoms with Crippen molar-refractivity contribution in [2.75, 3.05) is 0 Å². The van der Waals surface area contributed by atoms with Crippen LogP contribution in [0.5, 0.6) is 0 Å². The first kappa shape index (κ1) is 9.26. The molecule has 1 aromatic rings. The topological polar surface area (TPSA) is 78.9 Å². The number of hydrogen-bond donors (Lipinski definition) is 1. The van der Waals surface area contributed by atoms with E-state index >= 15 is 0 Å². The molecule has 0 radical (unpaired) electrons. The molecule has 0 spiro atoms. The van der Waals surface area contributed by atoms with Crippen molar-refractivity contribution in [3.8, 4) is 6.07 Å². The first-order valence-corrected chi connectivity index (χ1v) is 3.69. The van der Waals surface area contributed by atoms with Crippen molar-refractivity contribution in [1.29, 1.82) is 5.26 Å². The van der Waals surface area contributed by atoms with Crippen molar-refractivity contribution in [2.45, 2.75) is 19.4 Å². The first-order valence-electron chi connectivity index (χ1n) is 3.69. The van der Waals surface area contributed by atoms with Gasteiger partial charge in [-0.15, -0.1) is 0 Å². The lowest BCUT2D eigenvalue weighted by molar-refractivity contribution is 0.0891. The van der Waals surface area contributed by atoms with Crippen LogP contribution in [0.15, 0.2) is 16.8 Å². The molecule has 0 aliphatic heterocycles. The van der Waals surface area contributed by atoms with Gasteiger partial charge in [0, 0.05) is 6.07 Å². The number of carbonyl (C=O) groups is 1. The Labute approximate surface area is 75.3 Å². The normalized spacial score (nSPS) is 10.5. The van der Waals surface area contributed by atoms with Crippen molar-refractivity contribution in [3.63, 3.8) is 0 Å². The van der Waals surface area contributed by atoms with E-state index in [-0.39, 0.29) is 5.76 Å². The number of amides is 1. The maximum atomic E-state index is 11.3. The molecule has 0 saturated heterocycles. The third-order valence-electron chi connectivity index (χ3n) is 1.37. The fourth-order valence-electron chi connectivity index (χ4n) is 0.706. The van der Waals surface area contributed by atoms with Gasteiger partial charge in [-0.2, -0.15) is 5.26 Å². The average Bonchev–Trinajstić information content (AvgIpc) is 2.55. The maximum Gasteiger partial charge on any atom is 0.291 e. The lowest BCUT2D eigenvalue weighted by Gasteiger charge is -2.15. The minimum atomic E-state index is -0.899. The monoisotopic (exact) mass is 179 g/mol. The third-order valence-corrected chi connectivity index (χ3v) is 1.37. The van der Waals surface area contributed by atoms with E-state index in [0.717, 1.165) is 0 Å².